The molecule has 1 aliphatic heterocycles. The van der Waals surface area contributed by atoms with Crippen LogP contribution in [0.3, 0.4) is 0 Å². The first-order chi connectivity index (χ1) is 9.41. The molecule has 0 unspecified atom stereocenters. The molecule has 20 heavy (non-hydrogen) atoms. The fourth-order valence-electron chi connectivity index (χ4n) is 1.92. The van der Waals surface area contributed by atoms with Gasteiger partial charge in [0.1, 0.15) is 0 Å². The zero-order chi connectivity index (χ0) is 14.8. The summed E-state index contributed by atoms with van der Waals surface area (Å²) >= 11 is 1.26. The number of sulfone groups is 1. The molecular weight excluding hydrogens is 302 g/mol. The van der Waals surface area contributed by atoms with Crippen LogP contribution >= 0.6 is 11.8 Å². The molecule has 0 bridgehead atoms. The van der Waals surface area contributed by atoms with Crippen molar-refractivity contribution in [1.82, 2.24) is 25.5 Å². The summed E-state index contributed by atoms with van der Waals surface area (Å²) in [5.74, 6) is -0.0149. The van der Waals surface area contributed by atoms with E-state index in [2.05, 4.69) is 20.8 Å². The number of nitrogens with one attached hydrogen (secondary N) is 1. The van der Waals surface area contributed by atoms with Crippen molar-refractivity contribution < 1.29 is 13.2 Å². The first-order valence-electron chi connectivity index (χ1n) is 6.35. The number of carbonyl (C=O) groups excluding carboxylic acids is 1. The van der Waals surface area contributed by atoms with Gasteiger partial charge >= 0.3 is 0 Å². The topological polar surface area (TPSA) is 107 Å². The molecular formula is C10H17N5O3S2. The Morgan fingerprint density at radius 2 is 2.35 bits per heavy atom. The molecule has 0 aromatic carbocycles. The summed E-state index contributed by atoms with van der Waals surface area (Å²) in [6.07, 6.45) is 0.484. The molecule has 8 nitrogen and oxygen atoms in total. The molecule has 0 spiro atoms. The average molecular weight is 319 g/mol. The number of tetrazole rings is 1. The summed E-state index contributed by atoms with van der Waals surface area (Å²) in [4.78, 5) is 12.0. The van der Waals surface area contributed by atoms with E-state index in [0.717, 1.165) is 0 Å². The normalized spacial score (nSPS) is 22.6. The zero-order valence-electron chi connectivity index (χ0n) is 11.3. The van der Waals surface area contributed by atoms with Crippen LogP contribution in [0, 0.1) is 0 Å². The molecule has 10 heteroatoms. The number of hydrogen-bond donors (Lipinski definition) is 1. The Morgan fingerprint density at radius 1 is 1.60 bits per heavy atom. The van der Waals surface area contributed by atoms with Crippen molar-refractivity contribution in [2.45, 2.75) is 43.3 Å². The fraction of sp³-hybridized carbons (Fsp3) is 0.800. The Hall–Kier alpha value is -1.16. The van der Waals surface area contributed by atoms with Crippen LogP contribution in [0.1, 0.15) is 20.3 Å². The number of amides is 1. The maximum atomic E-state index is 12.0. The maximum absolute atomic E-state index is 12.0. The predicted octanol–water partition coefficient (Wildman–Crippen LogP) is -0.523. The molecule has 2 heterocycles. The van der Waals surface area contributed by atoms with Gasteiger partial charge in [0.05, 0.1) is 16.8 Å². The summed E-state index contributed by atoms with van der Waals surface area (Å²) in [6.45, 7) is 4.29. The monoisotopic (exact) mass is 319 g/mol. The smallest absolute Gasteiger partial charge is 0.233 e. The van der Waals surface area contributed by atoms with Crippen LogP contribution in [0.5, 0.6) is 0 Å². The second-order valence-corrected chi connectivity index (χ2v) is 8.18. The molecule has 1 N–H and O–H groups in total. The van der Waals surface area contributed by atoms with Gasteiger partial charge in [-0.05, 0) is 30.7 Å². The minimum absolute atomic E-state index is 0.0306. The lowest BCUT2D eigenvalue weighted by molar-refractivity contribution is -0.120. The van der Waals surface area contributed by atoms with E-state index in [0.29, 0.717) is 18.1 Å². The molecule has 0 aliphatic carbocycles. The van der Waals surface area contributed by atoms with E-state index in [9.17, 15) is 13.2 Å². The van der Waals surface area contributed by atoms with Gasteiger partial charge in [0, 0.05) is 12.6 Å². The van der Waals surface area contributed by atoms with Crippen molar-refractivity contribution >= 4 is 27.5 Å². The van der Waals surface area contributed by atoms with Crippen molar-refractivity contribution in [3.05, 3.63) is 0 Å². The van der Waals surface area contributed by atoms with E-state index in [4.69, 9.17) is 0 Å². The third-order valence-electron chi connectivity index (χ3n) is 3.03. The largest absolute Gasteiger partial charge is 0.351 e. The minimum Gasteiger partial charge on any atom is -0.351 e. The van der Waals surface area contributed by atoms with Gasteiger partial charge in [-0.1, -0.05) is 11.8 Å². The number of aryl methyl sites for hydroxylation is 1. The SMILES string of the molecule is CCn1nnnc1S[C@@H](C)C(=O)N[C@H]1CCS(=O)(=O)C1. The van der Waals surface area contributed by atoms with Crippen LogP contribution in [0.2, 0.25) is 0 Å². The van der Waals surface area contributed by atoms with Gasteiger partial charge in [-0.15, -0.1) is 5.10 Å². The van der Waals surface area contributed by atoms with Crippen LogP contribution in [0.25, 0.3) is 0 Å². The summed E-state index contributed by atoms with van der Waals surface area (Å²) in [7, 11) is -2.99. The number of thioether (sulfide) groups is 1. The quantitative estimate of drug-likeness (QED) is 0.727. The van der Waals surface area contributed by atoms with Crippen LogP contribution in [-0.2, 0) is 21.2 Å². The van der Waals surface area contributed by atoms with Gasteiger partial charge in [0.15, 0.2) is 9.84 Å². The number of aromatic nitrogens is 4. The highest BCUT2D eigenvalue weighted by Crippen LogP contribution is 2.21. The Bertz CT molecular complexity index is 585. The van der Waals surface area contributed by atoms with Crippen LogP contribution in [-0.4, -0.2) is 57.3 Å². The Kier molecular flexibility index (Phi) is 4.63. The maximum Gasteiger partial charge on any atom is 0.233 e. The lowest BCUT2D eigenvalue weighted by Crippen LogP contribution is -2.40. The molecule has 0 saturated carbocycles. The molecule has 1 aliphatic rings. The Labute approximate surface area is 121 Å². The third-order valence-corrected chi connectivity index (χ3v) is 5.87. The molecule has 112 valence electrons. The molecule has 0 radical (unpaired) electrons. The highest BCUT2D eigenvalue weighted by molar-refractivity contribution is 8.00. The summed E-state index contributed by atoms with van der Waals surface area (Å²) in [5, 5.41) is 14.2. The van der Waals surface area contributed by atoms with Crippen molar-refractivity contribution in [2.24, 2.45) is 0 Å². The lowest BCUT2D eigenvalue weighted by Gasteiger charge is -2.15. The second kappa shape index (κ2) is 6.08. The van der Waals surface area contributed by atoms with Crippen molar-refractivity contribution in [3.8, 4) is 0 Å². The number of rotatable bonds is 5. The van der Waals surface area contributed by atoms with E-state index < -0.39 is 9.84 Å². The van der Waals surface area contributed by atoms with E-state index in [1.807, 2.05) is 6.92 Å². The van der Waals surface area contributed by atoms with Crippen molar-refractivity contribution in [3.63, 3.8) is 0 Å². The standard InChI is InChI=1S/C10H17N5O3S2/c1-3-15-10(12-13-14-15)19-7(2)9(16)11-8-4-5-20(17,18)6-8/h7-8H,3-6H2,1-2H3,(H,11,16)/t7-,8-/m0/s1. The average Bonchev–Trinajstić information content (AvgIpc) is 2.95. The predicted molar refractivity (Wildman–Crippen MR) is 74.0 cm³/mol. The summed E-state index contributed by atoms with van der Waals surface area (Å²) in [6, 6.07) is -0.280. The summed E-state index contributed by atoms with van der Waals surface area (Å²) in [5.41, 5.74) is 0. The fourth-order valence-corrected chi connectivity index (χ4v) is 4.45. The van der Waals surface area contributed by atoms with Gasteiger partial charge in [0.2, 0.25) is 11.1 Å². The molecule has 1 aromatic rings. The number of carbonyl (C=O) groups is 1. The van der Waals surface area contributed by atoms with Crippen LogP contribution in [0.4, 0.5) is 0 Å². The van der Waals surface area contributed by atoms with Gasteiger partial charge in [-0.25, -0.2) is 13.1 Å². The van der Waals surface area contributed by atoms with Crippen molar-refractivity contribution in [2.75, 3.05) is 11.5 Å². The van der Waals surface area contributed by atoms with Crippen LogP contribution < -0.4 is 5.32 Å². The first kappa shape index (κ1) is 15.2. The summed E-state index contributed by atoms with van der Waals surface area (Å²) < 4.78 is 24.3. The molecule has 2 atom stereocenters. The molecule has 1 aromatic heterocycles. The van der Waals surface area contributed by atoms with E-state index in [-0.39, 0.29) is 28.7 Å². The molecule has 2 rings (SSSR count). The highest BCUT2D eigenvalue weighted by atomic mass is 32.2. The molecule has 1 amide bonds. The van der Waals surface area contributed by atoms with E-state index in [1.54, 1.807) is 11.6 Å². The van der Waals surface area contributed by atoms with E-state index in [1.165, 1.54) is 11.8 Å². The molecule has 1 saturated heterocycles. The van der Waals surface area contributed by atoms with Gasteiger partial charge in [-0.3, -0.25) is 4.79 Å². The number of nitrogens with zero attached hydrogens (tertiary/aromatic N) is 4. The first-order valence-corrected chi connectivity index (χ1v) is 9.05. The third kappa shape index (κ3) is 3.69. The highest BCUT2D eigenvalue weighted by Gasteiger charge is 2.30. The Balaban J connectivity index is 1.89. The molecule has 1 fully saturated rings. The lowest BCUT2D eigenvalue weighted by atomic mass is 10.2. The van der Waals surface area contributed by atoms with Crippen LogP contribution in [0.15, 0.2) is 5.16 Å². The second-order valence-electron chi connectivity index (χ2n) is 4.65. The zero-order valence-corrected chi connectivity index (χ0v) is 12.9. The van der Waals surface area contributed by atoms with E-state index >= 15 is 0 Å². The minimum atomic E-state index is -2.99. The number of hydrogen-bond acceptors (Lipinski definition) is 7. The Morgan fingerprint density at radius 3 is 2.95 bits per heavy atom. The van der Waals surface area contributed by atoms with Gasteiger partial charge in [0.25, 0.3) is 0 Å². The van der Waals surface area contributed by atoms with Gasteiger partial charge in [-0.2, -0.15) is 0 Å². The van der Waals surface area contributed by atoms with Crippen molar-refractivity contribution in [1.29, 1.82) is 0 Å². The van der Waals surface area contributed by atoms with Gasteiger partial charge < -0.3 is 5.32 Å².